The Kier molecular flexibility index (Phi) is 9.22. The average Bonchev–Trinajstić information content (AvgIpc) is 3.01. The van der Waals surface area contributed by atoms with E-state index in [2.05, 4.69) is 61.2 Å². The van der Waals surface area contributed by atoms with E-state index >= 15 is 0 Å². The maximum atomic E-state index is 13.5. The van der Waals surface area contributed by atoms with Crippen molar-refractivity contribution in [1.29, 1.82) is 0 Å². The van der Waals surface area contributed by atoms with Crippen molar-refractivity contribution < 1.29 is 9.53 Å². The van der Waals surface area contributed by atoms with Crippen molar-refractivity contribution in [3.05, 3.63) is 156 Å². The summed E-state index contributed by atoms with van der Waals surface area (Å²) in [4.78, 5) is 15.6. The van der Waals surface area contributed by atoms with Crippen LogP contribution in [0, 0.1) is 6.92 Å². The van der Waals surface area contributed by atoms with Gasteiger partial charge in [-0.1, -0.05) is 115 Å². The van der Waals surface area contributed by atoms with Gasteiger partial charge in [0.05, 0.1) is 5.57 Å². The van der Waals surface area contributed by atoms with Crippen molar-refractivity contribution in [2.24, 2.45) is 0 Å². The van der Waals surface area contributed by atoms with E-state index in [-0.39, 0.29) is 0 Å². The van der Waals surface area contributed by atoms with Gasteiger partial charge in [0.15, 0.2) is 0 Å². The molecule has 198 valence electrons. The predicted molar refractivity (Wildman–Crippen MR) is 170 cm³/mol. The largest absolute Gasteiger partial charge is 0.422 e. The summed E-state index contributed by atoms with van der Waals surface area (Å²) in [5, 5.41) is 0. The second kappa shape index (κ2) is 13.4. The fraction of sp³-hybridized carbons (Fsp3) is 0.0833. The molecule has 0 saturated heterocycles. The van der Waals surface area contributed by atoms with Crippen molar-refractivity contribution in [3.63, 3.8) is 0 Å². The molecule has 0 bridgehead atoms. The topological polar surface area (TPSA) is 26.3 Å². The van der Waals surface area contributed by atoms with Crippen LogP contribution < -0.4 is 4.74 Å². The van der Waals surface area contributed by atoms with Crippen molar-refractivity contribution in [3.8, 4) is 16.9 Å². The molecule has 2 nitrogen and oxygen atoms in total. The first-order chi connectivity index (χ1) is 19.6. The standard InChI is InChI=1S/C36H30O2S2/c1-26-21-22-33(32(23-26)31-18-10-12-20-35(31)40-25-29-15-7-4-8-16-29)38-36(37)27(2)30-17-9-11-19-34(30)39-24-28-13-5-3-6-14-28/h3-23H,2,24-25H2,1H3. The van der Waals surface area contributed by atoms with Crippen molar-refractivity contribution in [1.82, 2.24) is 0 Å². The molecule has 5 rings (SSSR count). The summed E-state index contributed by atoms with van der Waals surface area (Å²) in [5.41, 5.74) is 6.65. The molecule has 0 N–H and O–H groups in total. The van der Waals surface area contributed by atoms with E-state index in [0.29, 0.717) is 11.3 Å². The van der Waals surface area contributed by atoms with Crippen LogP contribution >= 0.6 is 23.5 Å². The first-order valence-electron chi connectivity index (χ1n) is 13.1. The van der Waals surface area contributed by atoms with E-state index in [9.17, 15) is 4.79 Å². The van der Waals surface area contributed by atoms with Crippen LogP contribution in [0.5, 0.6) is 5.75 Å². The number of hydrogen-bond donors (Lipinski definition) is 0. The lowest BCUT2D eigenvalue weighted by Gasteiger charge is -2.16. The quantitative estimate of drug-likeness (QED) is 0.0737. The lowest BCUT2D eigenvalue weighted by Crippen LogP contribution is -2.11. The van der Waals surface area contributed by atoms with Crippen LogP contribution in [0.15, 0.2) is 144 Å². The van der Waals surface area contributed by atoms with Gasteiger partial charge in [-0.3, -0.25) is 0 Å². The van der Waals surface area contributed by atoms with E-state index < -0.39 is 5.97 Å². The van der Waals surface area contributed by atoms with Gasteiger partial charge in [-0.15, -0.1) is 23.5 Å². The van der Waals surface area contributed by atoms with Crippen LogP contribution in [0.25, 0.3) is 16.7 Å². The van der Waals surface area contributed by atoms with E-state index in [4.69, 9.17) is 4.74 Å². The van der Waals surface area contributed by atoms with Crippen LogP contribution in [0.1, 0.15) is 22.3 Å². The number of benzene rings is 5. The molecule has 0 unspecified atom stereocenters. The molecule has 5 aromatic rings. The molecular weight excluding hydrogens is 529 g/mol. The third kappa shape index (κ3) is 6.95. The highest BCUT2D eigenvalue weighted by molar-refractivity contribution is 7.98. The van der Waals surface area contributed by atoms with Gasteiger partial charge >= 0.3 is 5.97 Å². The molecule has 0 spiro atoms. The van der Waals surface area contributed by atoms with Gasteiger partial charge in [0.1, 0.15) is 5.75 Å². The van der Waals surface area contributed by atoms with E-state index in [1.54, 1.807) is 23.5 Å². The van der Waals surface area contributed by atoms with E-state index in [1.807, 2.05) is 79.7 Å². The minimum atomic E-state index is -0.452. The Morgan fingerprint density at radius 3 is 1.88 bits per heavy atom. The van der Waals surface area contributed by atoms with Crippen LogP contribution in [-0.4, -0.2) is 5.97 Å². The summed E-state index contributed by atoms with van der Waals surface area (Å²) in [6, 6.07) is 42.8. The molecule has 0 aliphatic carbocycles. The molecule has 0 radical (unpaired) electrons. The van der Waals surface area contributed by atoms with Crippen molar-refractivity contribution in [2.75, 3.05) is 0 Å². The van der Waals surface area contributed by atoms with Crippen LogP contribution in [0.2, 0.25) is 0 Å². The van der Waals surface area contributed by atoms with Gasteiger partial charge in [0.25, 0.3) is 0 Å². The monoisotopic (exact) mass is 558 g/mol. The molecule has 4 heteroatoms. The van der Waals surface area contributed by atoms with Gasteiger partial charge in [-0.2, -0.15) is 0 Å². The molecule has 0 aliphatic heterocycles. The molecule has 0 atom stereocenters. The summed E-state index contributed by atoms with van der Waals surface area (Å²) in [6.45, 7) is 6.19. The maximum Gasteiger partial charge on any atom is 0.343 e. The zero-order valence-corrected chi connectivity index (χ0v) is 24.0. The number of thioether (sulfide) groups is 2. The number of carbonyl (C=O) groups excluding carboxylic acids is 1. The molecule has 0 saturated carbocycles. The molecule has 0 fully saturated rings. The zero-order chi connectivity index (χ0) is 27.7. The summed E-state index contributed by atoms with van der Waals surface area (Å²) in [5.74, 6) is 1.73. The molecule has 40 heavy (non-hydrogen) atoms. The number of aryl methyl sites for hydroxylation is 1. The third-order valence-corrected chi connectivity index (χ3v) is 8.74. The Morgan fingerprint density at radius 1 is 0.650 bits per heavy atom. The minimum absolute atomic E-state index is 0.342. The van der Waals surface area contributed by atoms with Crippen LogP contribution in [0.3, 0.4) is 0 Å². The van der Waals surface area contributed by atoms with E-state index in [1.165, 1.54) is 11.1 Å². The van der Waals surface area contributed by atoms with Crippen molar-refractivity contribution >= 4 is 35.1 Å². The summed E-state index contributed by atoms with van der Waals surface area (Å²) in [7, 11) is 0. The van der Waals surface area contributed by atoms with Gasteiger partial charge < -0.3 is 4.74 Å². The molecule has 0 heterocycles. The zero-order valence-electron chi connectivity index (χ0n) is 22.4. The highest BCUT2D eigenvalue weighted by Crippen LogP contribution is 2.39. The summed E-state index contributed by atoms with van der Waals surface area (Å²) < 4.78 is 6.05. The second-order valence-electron chi connectivity index (χ2n) is 9.41. The molecule has 5 aromatic carbocycles. The normalized spacial score (nSPS) is 10.7. The van der Waals surface area contributed by atoms with Crippen molar-refractivity contribution in [2.45, 2.75) is 28.2 Å². The minimum Gasteiger partial charge on any atom is -0.422 e. The fourth-order valence-corrected chi connectivity index (χ4v) is 6.40. The van der Waals surface area contributed by atoms with Gasteiger partial charge in [-0.05, 0) is 47.9 Å². The maximum absolute atomic E-state index is 13.5. The first-order valence-corrected chi connectivity index (χ1v) is 15.1. The SMILES string of the molecule is C=C(C(=O)Oc1ccc(C)cc1-c1ccccc1SCc1ccccc1)c1ccccc1SCc1ccccc1. The fourth-order valence-electron chi connectivity index (χ4n) is 4.34. The third-order valence-electron chi connectivity index (χ3n) is 6.45. The Labute approximate surface area is 245 Å². The van der Waals surface area contributed by atoms with Crippen LogP contribution in [0.4, 0.5) is 0 Å². The summed E-state index contributed by atoms with van der Waals surface area (Å²) in [6.07, 6.45) is 0. The first kappa shape index (κ1) is 27.6. The number of rotatable bonds is 10. The Bertz CT molecular complexity index is 1610. The number of ether oxygens (including phenoxy) is 1. The second-order valence-corrected chi connectivity index (χ2v) is 11.4. The highest BCUT2D eigenvalue weighted by atomic mass is 32.2. The van der Waals surface area contributed by atoms with Gasteiger partial charge in [-0.25, -0.2) is 4.79 Å². The molecule has 0 aromatic heterocycles. The molecule has 0 amide bonds. The number of carbonyl (C=O) groups is 1. The van der Waals surface area contributed by atoms with E-state index in [0.717, 1.165) is 43.6 Å². The van der Waals surface area contributed by atoms with Gasteiger partial charge in [0.2, 0.25) is 0 Å². The lowest BCUT2D eigenvalue weighted by atomic mass is 10.0. The predicted octanol–water partition coefficient (Wildman–Crippen LogP) is 9.87. The average molecular weight is 559 g/mol. The number of esters is 1. The Balaban J connectivity index is 1.37. The molecular formula is C36H30O2S2. The number of hydrogen-bond acceptors (Lipinski definition) is 4. The van der Waals surface area contributed by atoms with Gasteiger partial charge in [0, 0.05) is 32.4 Å². The highest BCUT2D eigenvalue weighted by Gasteiger charge is 2.19. The Hall–Kier alpha value is -3.99. The molecule has 0 aliphatic rings. The van der Waals surface area contributed by atoms with Crippen LogP contribution in [-0.2, 0) is 16.3 Å². The Morgan fingerprint density at radius 2 is 1.20 bits per heavy atom. The summed E-state index contributed by atoms with van der Waals surface area (Å²) >= 11 is 3.46. The lowest BCUT2D eigenvalue weighted by molar-refractivity contribution is -0.127. The smallest absolute Gasteiger partial charge is 0.343 e.